The number of halogens is 3. The highest BCUT2D eigenvalue weighted by Gasteiger charge is 2.15. The first-order chi connectivity index (χ1) is 15.4. The van der Waals surface area contributed by atoms with Crippen LogP contribution >= 0.6 is 27.5 Å². The Labute approximate surface area is 199 Å². The third-order valence-corrected chi connectivity index (χ3v) is 5.54. The third kappa shape index (κ3) is 5.97. The molecule has 0 radical (unpaired) electrons. The van der Waals surface area contributed by atoms with Crippen LogP contribution in [0.3, 0.4) is 0 Å². The number of carbonyl (C=O) groups is 1. The van der Waals surface area contributed by atoms with Crippen LogP contribution in [0.2, 0.25) is 5.02 Å². The second kappa shape index (κ2) is 10.9. The number of nitriles is 1. The fourth-order valence-electron chi connectivity index (χ4n) is 2.98. The number of benzene rings is 3. The van der Waals surface area contributed by atoms with Crippen molar-refractivity contribution in [3.05, 3.63) is 104 Å². The number of hydrogen-bond donors (Lipinski definition) is 1. The fraction of sp³-hybridized carbons (Fsp3) is 0.120. The average molecular weight is 514 g/mol. The summed E-state index contributed by atoms with van der Waals surface area (Å²) in [4.78, 5) is 12.6. The van der Waals surface area contributed by atoms with Crippen molar-refractivity contribution in [2.75, 3.05) is 0 Å². The summed E-state index contributed by atoms with van der Waals surface area (Å²) in [5.74, 6) is -0.516. The summed E-state index contributed by atoms with van der Waals surface area (Å²) >= 11 is 9.74. The molecule has 0 bridgehead atoms. The summed E-state index contributed by atoms with van der Waals surface area (Å²) in [6.07, 6.45) is 1.45. The van der Waals surface area contributed by atoms with Crippen molar-refractivity contribution in [3.63, 3.8) is 0 Å². The van der Waals surface area contributed by atoms with Crippen LogP contribution in [-0.2, 0) is 11.4 Å². The molecule has 1 atom stereocenters. The van der Waals surface area contributed by atoms with Gasteiger partial charge in [0.2, 0.25) is 0 Å². The van der Waals surface area contributed by atoms with Crippen LogP contribution in [0.1, 0.15) is 29.7 Å². The summed E-state index contributed by atoms with van der Waals surface area (Å²) in [5.41, 5.74) is 1.81. The molecule has 7 heteroatoms. The molecule has 4 nitrogen and oxygen atoms in total. The largest absolute Gasteiger partial charge is 0.486 e. The molecule has 1 amide bonds. The highest BCUT2D eigenvalue weighted by atomic mass is 79.9. The Kier molecular flexibility index (Phi) is 8.04. The predicted octanol–water partition coefficient (Wildman–Crippen LogP) is 6.60. The molecule has 0 aromatic heterocycles. The van der Waals surface area contributed by atoms with E-state index in [0.717, 1.165) is 5.56 Å². The maximum absolute atomic E-state index is 13.8. The molecule has 1 N–H and O–H groups in total. The van der Waals surface area contributed by atoms with Crippen molar-refractivity contribution < 1.29 is 13.9 Å². The SMILES string of the molecule is C[C@@H](NC(=O)/C(C#N)=C\c1cc(Cl)c(OCc2ccccc2F)c(Br)c1)c1ccccc1. The van der Waals surface area contributed by atoms with E-state index >= 15 is 0 Å². The Morgan fingerprint density at radius 1 is 1.22 bits per heavy atom. The van der Waals surface area contributed by atoms with Crippen molar-refractivity contribution in [3.8, 4) is 11.8 Å². The summed E-state index contributed by atoms with van der Waals surface area (Å²) in [7, 11) is 0. The highest BCUT2D eigenvalue weighted by Crippen LogP contribution is 2.36. The number of nitrogens with one attached hydrogen (secondary N) is 1. The Balaban J connectivity index is 1.75. The quantitative estimate of drug-likeness (QED) is 0.286. The van der Waals surface area contributed by atoms with Gasteiger partial charge in [-0.25, -0.2) is 4.39 Å². The molecule has 0 spiro atoms. The molecule has 0 unspecified atom stereocenters. The molecule has 0 saturated heterocycles. The lowest BCUT2D eigenvalue weighted by Gasteiger charge is -2.14. The Hall–Kier alpha value is -3.14. The maximum Gasteiger partial charge on any atom is 0.262 e. The minimum atomic E-state index is -0.490. The zero-order chi connectivity index (χ0) is 23.1. The number of carbonyl (C=O) groups excluding carboxylic acids is 1. The van der Waals surface area contributed by atoms with Gasteiger partial charge in [-0.2, -0.15) is 5.26 Å². The average Bonchev–Trinajstić information content (AvgIpc) is 2.78. The van der Waals surface area contributed by atoms with Crippen molar-refractivity contribution in [2.24, 2.45) is 0 Å². The summed E-state index contributed by atoms with van der Waals surface area (Å²) < 4.78 is 20.0. The first-order valence-corrected chi connectivity index (χ1v) is 10.9. The Bertz CT molecular complexity index is 1170. The molecule has 3 aromatic carbocycles. The van der Waals surface area contributed by atoms with Crippen molar-refractivity contribution in [2.45, 2.75) is 19.6 Å². The zero-order valence-corrected chi connectivity index (χ0v) is 19.5. The van der Waals surface area contributed by atoms with Gasteiger partial charge in [0, 0.05) is 5.56 Å². The van der Waals surface area contributed by atoms with Crippen molar-refractivity contribution in [1.29, 1.82) is 5.26 Å². The summed E-state index contributed by atoms with van der Waals surface area (Å²) in [6, 6.07) is 20.7. The lowest BCUT2D eigenvalue weighted by Crippen LogP contribution is -2.27. The van der Waals surface area contributed by atoms with Gasteiger partial charge in [-0.15, -0.1) is 0 Å². The molecule has 0 saturated carbocycles. The molecule has 0 heterocycles. The topological polar surface area (TPSA) is 62.1 Å². The van der Waals surface area contributed by atoms with Gasteiger partial charge in [0.15, 0.2) is 5.75 Å². The molecule has 0 aliphatic carbocycles. The van der Waals surface area contributed by atoms with E-state index in [4.69, 9.17) is 16.3 Å². The van der Waals surface area contributed by atoms with Crippen molar-refractivity contribution >= 4 is 39.5 Å². The van der Waals surface area contributed by atoms with Gasteiger partial charge in [-0.3, -0.25) is 4.79 Å². The molecular formula is C25H19BrClFN2O2. The van der Waals surface area contributed by atoms with Crippen LogP contribution in [0.25, 0.3) is 6.08 Å². The normalized spacial score (nSPS) is 12.0. The smallest absolute Gasteiger partial charge is 0.262 e. The van der Waals surface area contributed by atoms with E-state index in [1.165, 1.54) is 12.1 Å². The molecule has 0 aliphatic heterocycles. The van der Waals surface area contributed by atoms with Crippen LogP contribution in [0, 0.1) is 17.1 Å². The number of nitrogens with zero attached hydrogens (tertiary/aromatic N) is 1. The second-order valence-corrected chi connectivity index (χ2v) is 8.23. The summed E-state index contributed by atoms with van der Waals surface area (Å²) in [5, 5.41) is 12.6. The minimum Gasteiger partial charge on any atom is -0.486 e. The third-order valence-electron chi connectivity index (χ3n) is 4.67. The second-order valence-electron chi connectivity index (χ2n) is 6.97. The van der Waals surface area contributed by atoms with Gasteiger partial charge >= 0.3 is 0 Å². The van der Waals surface area contributed by atoms with E-state index in [9.17, 15) is 14.4 Å². The predicted molar refractivity (Wildman–Crippen MR) is 126 cm³/mol. The van der Waals surface area contributed by atoms with Crippen molar-refractivity contribution in [1.82, 2.24) is 5.32 Å². The van der Waals surface area contributed by atoms with Crippen LogP contribution in [0.5, 0.6) is 5.75 Å². The molecule has 0 fully saturated rings. The van der Waals surface area contributed by atoms with E-state index in [1.54, 1.807) is 30.3 Å². The van der Waals surface area contributed by atoms with Crippen LogP contribution in [0.4, 0.5) is 4.39 Å². The molecule has 3 rings (SSSR count). The van der Waals surface area contributed by atoms with Crippen LogP contribution < -0.4 is 10.1 Å². The van der Waals surface area contributed by atoms with E-state index < -0.39 is 5.91 Å². The van der Waals surface area contributed by atoms with Gasteiger partial charge in [-0.1, -0.05) is 60.1 Å². The number of amides is 1. The van der Waals surface area contributed by atoms with Crippen LogP contribution in [-0.4, -0.2) is 5.91 Å². The summed E-state index contributed by atoms with van der Waals surface area (Å²) in [6.45, 7) is 1.85. The zero-order valence-electron chi connectivity index (χ0n) is 17.1. The van der Waals surface area contributed by atoms with E-state index in [-0.39, 0.29) is 29.1 Å². The fourth-order valence-corrected chi connectivity index (χ4v) is 3.97. The van der Waals surface area contributed by atoms with E-state index in [0.29, 0.717) is 21.3 Å². The number of rotatable bonds is 7. The van der Waals surface area contributed by atoms with Gasteiger partial charge in [0.05, 0.1) is 15.5 Å². The molecule has 32 heavy (non-hydrogen) atoms. The van der Waals surface area contributed by atoms with Gasteiger partial charge in [0.25, 0.3) is 5.91 Å². The van der Waals surface area contributed by atoms with Gasteiger partial charge in [0.1, 0.15) is 24.1 Å². The lowest BCUT2D eigenvalue weighted by atomic mass is 10.1. The Morgan fingerprint density at radius 2 is 1.91 bits per heavy atom. The van der Waals surface area contributed by atoms with Gasteiger partial charge in [-0.05, 0) is 58.3 Å². The first kappa shape index (κ1) is 23.5. The number of hydrogen-bond acceptors (Lipinski definition) is 3. The molecule has 162 valence electrons. The minimum absolute atomic E-state index is 0.00338. The number of ether oxygens (including phenoxy) is 1. The standard InChI is InChI=1S/C25H19BrClFN2O2/c1-16(18-7-3-2-4-8-18)30-25(31)20(14-29)11-17-12-21(26)24(22(27)13-17)32-15-19-9-5-6-10-23(19)28/h2-13,16H,15H2,1H3,(H,30,31)/b20-11-/t16-/m1/s1. The first-order valence-electron chi connectivity index (χ1n) is 9.72. The molecule has 3 aromatic rings. The highest BCUT2D eigenvalue weighted by molar-refractivity contribution is 9.10. The molecule has 0 aliphatic rings. The maximum atomic E-state index is 13.8. The van der Waals surface area contributed by atoms with Gasteiger partial charge < -0.3 is 10.1 Å². The van der Waals surface area contributed by atoms with E-state index in [1.807, 2.05) is 43.3 Å². The monoisotopic (exact) mass is 512 g/mol. The lowest BCUT2D eigenvalue weighted by molar-refractivity contribution is -0.117. The van der Waals surface area contributed by atoms with Crippen LogP contribution in [0.15, 0.2) is 76.8 Å². The van der Waals surface area contributed by atoms with E-state index in [2.05, 4.69) is 21.2 Å². The molecular weight excluding hydrogens is 495 g/mol. The Morgan fingerprint density at radius 3 is 2.56 bits per heavy atom.